The van der Waals surface area contributed by atoms with Gasteiger partial charge in [-0.1, -0.05) is 28.9 Å². The molecule has 1 aliphatic rings. The number of nitrogens with zero attached hydrogens (tertiary/aromatic N) is 1. The van der Waals surface area contributed by atoms with Gasteiger partial charge in [0.1, 0.15) is 0 Å². The van der Waals surface area contributed by atoms with E-state index < -0.39 is 0 Å². The van der Waals surface area contributed by atoms with Gasteiger partial charge in [-0.2, -0.15) is 0 Å². The first-order chi connectivity index (χ1) is 9.81. The zero-order chi connectivity index (χ0) is 15.6. The van der Waals surface area contributed by atoms with Crippen LogP contribution in [-0.4, -0.2) is 17.6 Å². The van der Waals surface area contributed by atoms with Gasteiger partial charge in [-0.05, 0) is 64.7 Å². The van der Waals surface area contributed by atoms with Crippen molar-refractivity contribution in [3.63, 3.8) is 0 Å². The van der Waals surface area contributed by atoms with Crippen molar-refractivity contribution in [3.05, 3.63) is 28.2 Å². The summed E-state index contributed by atoms with van der Waals surface area (Å²) in [6, 6.07) is 8.19. The van der Waals surface area contributed by atoms with Gasteiger partial charge in [0.2, 0.25) is 0 Å². The minimum atomic E-state index is 0.148. The van der Waals surface area contributed by atoms with E-state index in [1.165, 1.54) is 35.0 Å². The smallest absolute Gasteiger partial charge is 0.0382 e. The summed E-state index contributed by atoms with van der Waals surface area (Å²) in [4.78, 5) is 2.60. The molecular weight excluding hydrogens is 324 g/mol. The van der Waals surface area contributed by atoms with Gasteiger partial charge < -0.3 is 10.2 Å². The molecule has 1 aliphatic heterocycles. The average Bonchev–Trinajstić information content (AvgIpc) is 2.77. The van der Waals surface area contributed by atoms with Crippen LogP contribution < -0.4 is 10.2 Å². The van der Waals surface area contributed by atoms with Gasteiger partial charge in [-0.15, -0.1) is 0 Å². The van der Waals surface area contributed by atoms with Crippen molar-refractivity contribution in [3.8, 4) is 0 Å². The molecule has 0 bridgehead atoms. The lowest BCUT2D eigenvalue weighted by Gasteiger charge is -2.31. The second-order valence-corrected chi connectivity index (χ2v) is 8.13. The molecule has 1 heterocycles. The van der Waals surface area contributed by atoms with Gasteiger partial charge in [0.05, 0.1) is 0 Å². The summed E-state index contributed by atoms with van der Waals surface area (Å²) in [6.07, 6.45) is 3.86. The molecule has 118 valence electrons. The van der Waals surface area contributed by atoms with Gasteiger partial charge in [0.15, 0.2) is 0 Å². The minimum Gasteiger partial charge on any atom is -0.366 e. The normalized spacial score (nSPS) is 22.9. The van der Waals surface area contributed by atoms with E-state index in [0.717, 1.165) is 6.54 Å². The van der Waals surface area contributed by atoms with Crippen LogP contribution in [0.3, 0.4) is 0 Å². The fourth-order valence-electron chi connectivity index (χ4n) is 3.14. The topological polar surface area (TPSA) is 15.3 Å². The molecule has 0 saturated carbocycles. The van der Waals surface area contributed by atoms with Crippen molar-refractivity contribution in [2.45, 2.75) is 78.0 Å². The largest absolute Gasteiger partial charge is 0.366 e. The molecule has 21 heavy (non-hydrogen) atoms. The molecule has 2 rings (SSSR count). The number of halogens is 1. The number of rotatable bonds is 4. The summed E-state index contributed by atoms with van der Waals surface area (Å²) in [5.41, 5.74) is 2.83. The third kappa shape index (κ3) is 4.23. The molecule has 2 nitrogen and oxygen atoms in total. The Morgan fingerprint density at radius 3 is 2.57 bits per heavy atom. The molecule has 1 N–H and O–H groups in total. The second-order valence-electron chi connectivity index (χ2n) is 7.27. The molecule has 3 heteroatoms. The first-order valence-corrected chi connectivity index (χ1v) is 8.93. The lowest BCUT2D eigenvalue weighted by molar-refractivity contribution is 0.424. The maximum absolute atomic E-state index is 3.76. The minimum absolute atomic E-state index is 0.148. The summed E-state index contributed by atoms with van der Waals surface area (Å²) in [7, 11) is 0. The lowest BCUT2D eigenvalue weighted by Crippen LogP contribution is -2.35. The fourth-order valence-corrected chi connectivity index (χ4v) is 3.65. The third-order valence-electron chi connectivity index (χ3n) is 4.40. The van der Waals surface area contributed by atoms with E-state index in [0.29, 0.717) is 12.1 Å². The van der Waals surface area contributed by atoms with Crippen LogP contribution in [0.2, 0.25) is 0 Å². The van der Waals surface area contributed by atoms with Crippen LogP contribution in [0.4, 0.5) is 5.69 Å². The van der Waals surface area contributed by atoms with Crippen LogP contribution in [0.25, 0.3) is 0 Å². The Hall–Kier alpha value is -0.540. The van der Waals surface area contributed by atoms with Gasteiger partial charge in [0, 0.05) is 34.3 Å². The molecule has 1 aromatic carbocycles. The van der Waals surface area contributed by atoms with E-state index >= 15 is 0 Å². The number of benzene rings is 1. The average molecular weight is 353 g/mol. The monoisotopic (exact) mass is 352 g/mol. The Morgan fingerprint density at radius 2 is 2.00 bits per heavy atom. The summed E-state index contributed by atoms with van der Waals surface area (Å²) < 4.78 is 1.21. The number of anilines is 1. The number of hydrogen-bond acceptors (Lipinski definition) is 2. The van der Waals surface area contributed by atoms with E-state index in [4.69, 9.17) is 0 Å². The zero-order valence-corrected chi connectivity index (χ0v) is 15.6. The van der Waals surface area contributed by atoms with E-state index in [1.54, 1.807) is 0 Å². The molecule has 0 radical (unpaired) electrons. The Morgan fingerprint density at radius 1 is 1.29 bits per heavy atom. The summed E-state index contributed by atoms with van der Waals surface area (Å²) >= 11 is 3.76. The Bertz CT molecular complexity index is 479. The van der Waals surface area contributed by atoms with Crippen LogP contribution in [0.5, 0.6) is 0 Å². The third-order valence-corrected chi connectivity index (χ3v) is 5.14. The Balaban J connectivity index is 2.15. The van der Waals surface area contributed by atoms with E-state index in [9.17, 15) is 0 Å². The maximum Gasteiger partial charge on any atom is 0.0382 e. The van der Waals surface area contributed by atoms with E-state index in [1.807, 2.05) is 0 Å². The number of nitrogens with one attached hydrogen (secondary N) is 1. The van der Waals surface area contributed by atoms with Crippen molar-refractivity contribution in [2.24, 2.45) is 0 Å². The molecule has 0 spiro atoms. The fraction of sp³-hybridized carbons (Fsp3) is 0.667. The molecule has 2 atom stereocenters. The van der Waals surface area contributed by atoms with Crippen molar-refractivity contribution >= 4 is 21.6 Å². The summed E-state index contributed by atoms with van der Waals surface area (Å²) in [5, 5.41) is 3.55. The van der Waals surface area contributed by atoms with Crippen molar-refractivity contribution in [1.82, 2.24) is 5.32 Å². The second kappa shape index (κ2) is 6.70. The zero-order valence-electron chi connectivity index (χ0n) is 14.0. The summed E-state index contributed by atoms with van der Waals surface area (Å²) in [5.74, 6) is 0. The molecule has 0 aromatic heterocycles. The van der Waals surface area contributed by atoms with Crippen LogP contribution in [0.15, 0.2) is 22.7 Å². The number of hydrogen-bond donors (Lipinski definition) is 1. The van der Waals surface area contributed by atoms with Gasteiger partial charge in [-0.25, -0.2) is 0 Å². The van der Waals surface area contributed by atoms with Gasteiger partial charge in [-0.3, -0.25) is 0 Å². The first kappa shape index (κ1) is 16.8. The SMILES string of the molecule is CCC1CCC(C)N1c1ccc(CNC(C)(C)C)c(Br)c1. The molecule has 1 aromatic rings. The van der Waals surface area contributed by atoms with Gasteiger partial charge >= 0.3 is 0 Å². The molecule has 0 aliphatic carbocycles. The quantitative estimate of drug-likeness (QED) is 0.810. The van der Waals surface area contributed by atoms with E-state index in [2.05, 4.69) is 79.0 Å². The Labute approximate surface area is 138 Å². The van der Waals surface area contributed by atoms with Crippen LogP contribution in [0, 0.1) is 0 Å². The van der Waals surface area contributed by atoms with Crippen LogP contribution >= 0.6 is 15.9 Å². The van der Waals surface area contributed by atoms with Crippen LogP contribution in [-0.2, 0) is 6.54 Å². The lowest BCUT2D eigenvalue weighted by atomic mass is 10.1. The molecule has 1 fully saturated rings. The van der Waals surface area contributed by atoms with Crippen molar-refractivity contribution in [2.75, 3.05) is 4.90 Å². The highest BCUT2D eigenvalue weighted by atomic mass is 79.9. The predicted octanol–water partition coefficient (Wildman–Crippen LogP) is 5.10. The predicted molar refractivity (Wildman–Crippen MR) is 96.0 cm³/mol. The molecule has 2 unspecified atom stereocenters. The first-order valence-electron chi connectivity index (χ1n) is 8.13. The maximum atomic E-state index is 3.76. The van der Waals surface area contributed by atoms with Crippen molar-refractivity contribution in [1.29, 1.82) is 0 Å². The van der Waals surface area contributed by atoms with Crippen molar-refractivity contribution < 1.29 is 0 Å². The highest BCUT2D eigenvalue weighted by Gasteiger charge is 2.29. The molecule has 0 amide bonds. The Kier molecular flexibility index (Phi) is 5.37. The van der Waals surface area contributed by atoms with Crippen LogP contribution in [0.1, 0.15) is 59.4 Å². The molecular formula is C18H29BrN2. The highest BCUT2D eigenvalue weighted by molar-refractivity contribution is 9.10. The highest BCUT2D eigenvalue weighted by Crippen LogP contribution is 2.34. The molecule has 1 saturated heterocycles. The standard InChI is InChI=1S/C18H29BrN2/c1-6-15-9-7-13(2)21(15)16-10-8-14(17(19)11-16)12-20-18(3,4)5/h8,10-11,13,15,20H,6-7,9,12H2,1-5H3. The summed E-state index contributed by atoms with van der Waals surface area (Å²) in [6.45, 7) is 12.1. The van der Waals surface area contributed by atoms with Gasteiger partial charge in [0.25, 0.3) is 0 Å². The van der Waals surface area contributed by atoms with E-state index in [-0.39, 0.29) is 5.54 Å².